The first-order valence-electron chi connectivity index (χ1n) is 2.64. The van der Waals surface area contributed by atoms with Gasteiger partial charge in [0.2, 0.25) is 0 Å². The molecule has 0 rings (SSSR count). The second-order valence-corrected chi connectivity index (χ2v) is 3.21. The SMILES string of the molecule is OC(F)OC(O)(O)C[SiH](O)O. The zero-order valence-corrected chi connectivity index (χ0v) is 6.54. The van der Waals surface area contributed by atoms with Gasteiger partial charge in [0.25, 0.3) is 5.97 Å². The van der Waals surface area contributed by atoms with Crippen LogP contribution < -0.4 is 0 Å². The number of ether oxygens (including phenoxy) is 1. The van der Waals surface area contributed by atoms with Crippen LogP contribution in [0, 0.1) is 0 Å². The highest BCUT2D eigenvalue weighted by atomic mass is 28.3. The first kappa shape index (κ1) is 10.9. The largest absolute Gasteiger partial charge is 0.413 e. The molecule has 0 heterocycles. The van der Waals surface area contributed by atoms with Crippen molar-refractivity contribution in [2.24, 2.45) is 0 Å². The third-order valence-corrected chi connectivity index (χ3v) is 1.63. The third kappa shape index (κ3) is 6.31. The number of hydrogen-bond acceptors (Lipinski definition) is 6. The molecule has 1 unspecified atom stereocenters. The van der Waals surface area contributed by atoms with Crippen LogP contribution in [0.3, 0.4) is 0 Å². The fourth-order valence-corrected chi connectivity index (χ4v) is 1.01. The highest BCUT2D eigenvalue weighted by Crippen LogP contribution is 2.12. The molecule has 0 radical (unpaired) electrons. The van der Waals surface area contributed by atoms with Crippen LogP contribution in [-0.4, -0.2) is 46.7 Å². The number of hydrogen-bond donors (Lipinski definition) is 5. The Balaban J connectivity index is 3.79. The highest BCUT2D eigenvalue weighted by molar-refractivity contribution is 6.41. The van der Waals surface area contributed by atoms with Crippen LogP contribution in [0.5, 0.6) is 0 Å². The zero-order valence-electron chi connectivity index (χ0n) is 5.38. The second-order valence-electron chi connectivity index (χ2n) is 1.84. The van der Waals surface area contributed by atoms with E-state index >= 15 is 0 Å². The molecule has 68 valence electrons. The Bertz CT molecular complexity index is 104. The van der Waals surface area contributed by atoms with Crippen LogP contribution in [0.1, 0.15) is 0 Å². The molecule has 0 amide bonds. The summed E-state index contributed by atoms with van der Waals surface area (Å²) in [5, 5.41) is 24.9. The fraction of sp³-hybridized carbons (Fsp3) is 1.00. The predicted octanol–water partition coefficient (Wildman–Crippen LogP) is -2.91. The molecule has 5 N–H and O–H groups in total. The van der Waals surface area contributed by atoms with Gasteiger partial charge in [0, 0.05) is 0 Å². The Morgan fingerprint density at radius 1 is 1.45 bits per heavy atom. The molecule has 0 aliphatic carbocycles. The molecule has 0 fully saturated rings. The van der Waals surface area contributed by atoms with E-state index < -0.39 is 27.8 Å². The Hall–Kier alpha value is -0.0931. The maximum Gasteiger partial charge on any atom is 0.324 e. The van der Waals surface area contributed by atoms with E-state index in [-0.39, 0.29) is 0 Å². The van der Waals surface area contributed by atoms with Crippen molar-refractivity contribution >= 4 is 9.28 Å². The Labute approximate surface area is 62.9 Å². The minimum atomic E-state index is -3.26. The van der Waals surface area contributed by atoms with Gasteiger partial charge in [0.05, 0.1) is 6.04 Å². The van der Waals surface area contributed by atoms with E-state index in [4.69, 9.17) is 24.9 Å². The molecule has 0 saturated heterocycles. The number of aliphatic hydroxyl groups is 3. The lowest BCUT2D eigenvalue weighted by molar-refractivity contribution is -0.395. The van der Waals surface area contributed by atoms with Crippen molar-refractivity contribution in [3.8, 4) is 0 Å². The van der Waals surface area contributed by atoms with Crippen molar-refractivity contribution in [3.05, 3.63) is 0 Å². The van der Waals surface area contributed by atoms with Gasteiger partial charge < -0.3 is 24.9 Å². The summed E-state index contributed by atoms with van der Waals surface area (Å²) in [6.45, 7) is -2.86. The topological polar surface area (TPSA) is 110 Å². The second kappa shape index (κ2) is 4.06. The Kier molecular flexibility index (Phi) is 4.03. The van der Waals surface area contributed by atoms with Crippen molar-refractivity contribution in [2.75, 3.05) is 0 Å². The molecule has 0 aromatic rings. The molecule has 0 spiro atoms. The van der Waals surface area contributed by atoms with Gasteiger partial charge in [0.15, 0.2) is 0 Å². The van der Waals surface area contributed by atoms with Crippen molar-refractivity contribution in [1.82, 2.24) is 0 Å². The van der Waals surface area contributed by atoms with Crippen LogP contribution in [0.15, 0.2) is 0 Å². The van der Waals surface area contributed by atoms with Crippen LogP contribution in [0.2, 0.25) is 6.04 Å². The summed E-state index contributed by atoms with van der Waals surface area (Å²) in [6, 6.07) is -0.909. The monoisotopic (exact) mass is 188 g/mol. The van der Waals surface area contributed by atoms with Gasteiger partial charge in [0.1, 0.15) is 0 Å². The van der Waals surface area contributed by atoms with Crippen molar-refractivity contribution in [1.29, 1.82) is 0 Å². The molecule has 0 aliphatic rings. The van der Waals surface area contributed by atoms with E-state index in [2.05, 4.69) is 4.74 Å². The molecular weight excluding hydrogens is 179 g/mol. The Morgan fingerprint density at radius 3 is 2.18 bits per heavy atom. The van der Waals surface area contributed by atoms with E-state index in [0.717, 1.165) is 0 Å². The highest BCUT2D eigenvalue weighted by Gasteiger charge is 2.31. The summed E-state index contributed by atoms with van der Waals surface area (Å²) in [5.74, 6) is -3.02. The van der Waals surface area contributed by atoms with Crippen LogP contribution in [-0.2, 0) is 4.74 Å². The average molecular weight is 188 g/mol. The Morgan fingerprint density at radius 2 is 1.91 bits per heavy atom. The lowest BCUT2D eigenvalue weighted by Crippen LogP contribution is -2.39. The van der Waals surface area contributed by atoms with Crippen LogP contribution in [0.25, 0.3) is 0 Å². The first-order valence-corrected chi connectivity index (χ1v) is 4.49. The summed E-state index contributed by atoms with van der Waals surface area (Å²) in [4.78, 5) is 16.6. The van der Waals surface area contributed by atoms with Gasteiger partial charge in [-0.2, -0.15) is 4.39 Å². The van der Waals surface area contributed by atoms with E-state index in [0.29, 0.717) is 0 Å². The minimum absolute atomic E-state index is 0.909. The lowest BCUT2D eigenvalue weighted by Gasteiger charge is -2.21. The summed E-state index contributed by atoms with van der Waals surface area (Å²) in [6.07, 6.45) is 0. The van der Waals surface area contributed by atoms with Gasteiger partial charge in [-0.15, -0.1) is 0 Å². The van der Waals surface area contributed by atoms with E-state index in [9.17, 15) is 4.39 Å². The number of halogens is 1. The smallest absolute Gasteiger partial charge is 0.324 e. The molecule has 0 saturated carbocycles. The number of aliphatic hydroxyl groups excluding tert-OH is 1. The summed E-state index contributed by atoms with van der Waals surface area (Å²) in [5.41, 5.74) is 0. The van der Waals surface area contributed by atoms with Gasteiger partial charge >= 0.3 is 15.8 Å². The minimum Gasteiger partial charge on any atom is -0.413 e. The van der Waals surface area contributed by atoms with E-state index in [1.165, 1.54) is 0 Å². The van der Waals surface area contributed by atoms with E-state index in [1.54, 1.807) is 0 Å². The van der Waals surface area contributed by atoms with Gasteiger partial charge in [-0.05, 0) is 0 Å². The van der Waals surface area contributed by atoms with Gasteiger partial charge in [-0.3, -0.25) is 4.74 Å². The molecule has 0 aliphatic heterocycles. The summed E-state index contributed by atoms with van der Waals surface area (Å²) < 4.78 is 15.0. The quantitative estimate of drug-likeness (QED) is 0.239. The van der Waals surface area contributed by atoms with Crippen molar-refractivity contribution < 1.29 is 34.0 Å². The molecule has 8 heteroatoms. The average Bonchev–Trinajstić information content (AvgIpc) is 1.53. The zero-order chi connectivity index (χ0) is 9.07. The van der Waals surface area contributed by atoms with Crippen molar-refractivity contribution in [3.63, 3.8) is 0 Å². The molecule has 1 atom stereocenters. The maximum atomic E-state index is 11.5. The van der Waals surface area contributed by atoms with Crippen LogP contribution >= 0.6 is 0 Å². The third-order valence-electron chi connectivity index (χ3n) is 0.734. The van der Waals surface area contributed by atoms with E-state index in [1.807, 2.05) is 0 Å². The molecule has 11 heavy (non-hydrogen) atoms. The lowest BCUT2D eigenvalue weighted by atomic mass is 10.6. The standard InChI is InChI=1S/C3H9FO6Si/c4-2(5)10-3(6,7)1-11(8)9/h2,5-9,11H,1H2. The number of alkyl halides is 1. The van der Waals surface area contributed by atoms with Gasteiger partial charge in [-0.25, -0.2) is 0 Å². The molecule has 6 nitrogen and oxygen atoms in total. The maximum absolute atomic E-state index is 11.5. The predicted molar refractivity (Wildman–Crippen MR) is 31.8 cm³/mol. The molecule has 0 aromatic heterocycles. The normalized spacial score (nSPS) is 15.5. The molecule has 0 aromatic carbocycles. The molecular formula is C3H9FO6Si. The van der Waals surface area contributed by atoms with Crippen LogP contribution in [0.4, 0.5) is 4.39 Å². The number of rotatable bonds is 4. The van der Waals surface area contributed by atoms with Gasteiger partial charge in [-0.1, -0.05) is 0 Å². The summed E-state index contributed by atoms with van der Waals surface area (Å²) >= 11 is 0. The molecule has 0 bridgehead atoms. The first-order chi connectivity index (χ1) is 4.83. The fourth-order valence-electron chi connectivity index (χ4n) is 0.442. The van der Waals surface area contributed by atoms with Crippen molar-refractivity contribution in [2.45, 2.75) is 18.6 Å². The summed E-state index contributed by atoms with van der Waals surface area (Å²) in [7, 11) is -3.26.